The van der Waals surface area contributed by atoms with E-state index in [0.29, 0.717) is 6.47 Å². The second-order valence-corrected chi connectivity index (χ2v) is 3.28. The van der Waals surface area contributed by atoms with Gasteiger partial charge in [0, 0.05) is 0 Å². The number of ether oxygens (including phenoxy) is 1. The molecular formula is C9H16O2. The predicted molar refractivity (Wildman–Crippen MR) is 43.2 cm³/mol. The number of rotatable bonds is 3. The van der Waals surface area contributed by atoms with Crippen LogP contribution in [0.15, 0.2) is 0 Å². The molecule has 1 rings (SSSR count). The normalized spacial score (nSPS) is 31.4. The van der Waals surface area contributed by atoms with Crippen molar-refractivity contribution in [3.63, 3.8) is 0 Å². The zero-order valence-electron chi connectivity index (χ0n) is 7.08. The lowest BCUT2D eigenvalue weighted by molar-refractivity contribution is -0.135. The quantitative estimate of drug-likeness (QED) is 0.585. The number of carbonyl (C=O) groups is 1. The van der Waals surface area contributed by atoms with Crippen LogP contribution in [0, 0.1) is 5.92 Å². The fourth-order valence-electron chi connectivity index (χ4n) is 1.75. The zero-order chi connectivity index (χ0) is 8.10. The molecule has 0 amide bonds. The highest BCUT2D eigenvalue weighted by Gasteiger charge is 2.20. The van der Waals surface area contributed by atoms with Crippen molar-refractivity contribution in [2.75, 3.05) is 0 Å². The smallest absolute Gasteiger partial charge is 0.293 e. The Morgan fingerprint density at radius 2 is 2.00 bits per heavy atom. The first-order chi connectivity index (χ1) is 5.36. The molecule has 0 aromatic rings. The lowest BCUT2D eigenvalue weighted by Gasteiger charge is -2.26. The van der Waals surface area contributed by atoms with Crippen LogP contribution in [0.4, 0.5) is 0 Å². The second-order valence-electron chi connectivity index (χ2n) is 3.28. The zero-order valence-corrected chi connectivity index (χ0v) is 7.08. The van der Waals surface area contributed by atoms with Crippen molar-refractivity contribution < 1.29 is 9.53 Å². The topological polar surface area (TPSA) is 26.3 Å². The number of hydrogen-bond acceptors (Lipinski definition) is 2. The van der Waals surface area contributed by atoms with Gasteiger partial charge in [-0.05, 0) is 31.6 Å². The lowest BCUT2D eigenvalue weighted by Crippen LogP contribution is -2.20. The Labute approximate surface area is 67.9 Å². The molecule has 64 valence electrons. The Bertz CT molecular complexity index is 115. The lowest BCUT2D eigenvalue weighted by atomic mass is 9.86. The largest absolute Gasteiger partial charge is 0.465 e. The van der Waals surface area contributed by atoms with Crippen LogP contribution in [-0.2, 0) is 9.53 Å². The molecule has 1 fully saturated rings. The van der Waals surface area contributed by atoms with Gasteiger partial charge in [0.15, 0.2) is 0 Å². The highest BCUT2D eigenvalue weighted by molar-refractivity contribution is 5.37. The maximum absolute atomic E-state index is 10.0. The maximum atomic E-state index is 10.0. The molecule has 0 heterocycles. The number of carbonyl (C=O) groups excluding carboxylic acids is 1. The van der Waals surface area contributed by atoms with Gasteiger partial charge >= 0.3 is 0 Å². The minimum Gasteiger partial charge on any atom is -0.465 e. The Morgan fingerprint density at radius 3 is 2.45 bits per heavy atom. The fourth-order valence-corrected chi connectivity index (χ4v) is 1.75. The molecular weight excluding hydrogens is 140 g/mol. The summed E-state index contributed by atoms with van der Waals surface area (Å²) in [4.78, 5) is 10.0. The van der Waals surface area contributed by atoms with E-state index in [1.807, 2.05) is 0 Å². The summed E-state index contributed by atoms with van der Waals surface area (Å²) in [5.74, 6) is 0.876. The average Bonchev–Trinajstić information content (AvgIpc) is 2.07. The third-order valence-electron chi connectivity index (χ3n) is 2.62. The van der Waals surface area contributed by atoms with Crippen LogP contribution in [0.3, 0.4) is 0 Å². The first-order valence-corrected chi connectivity index (χ1v) is 4.46. The van der Waals surface area contributed by atoms with Crippen LogP contribution < -0.4 is 0 Å². The summed E-state index contributed by atoms with van der Waals surface area (Å²) in [5, 5.41) is 0. The van der Waals surface area contributed by atoms with Gasteiger partial charge in [0.2, 0.25) is 0 Å². The monoisotopic (exact) mass is 156 g/mol. The maximum Gasteiger partial charge on any atom is 0.293 e. The summed E-state index contributed by atoms with van der Waals surface area (Å²) in [6.45, 7) is 2.81. The van der Waals surface area contributed by atoms with E-state index in [9.17, 15) is 4.79 Å². The molecule has 0 bridgehead atoms. The minimum atomic E-state index is 0.218. The molecule has 1 saturated carbocycles. The van der Waals surface area contributed by atoms with Gasteiger partial charge in [0.05, 0.1) is 0 Å². The molecule has 0 saturated heterocycles. The molecule has 0 radical (unpaired) electrons. The number of hydrogen-bond donors (Lipinski definition) is 0. The molecule has 0 atom stereocenters. The van der Waals surface area contributed by atoms with E-state index in [1.165, 1.54) is 19.3 Å². The van der Waals surface area contributed by atoms with Crippen molar-refractivity contribution in [1.29, 1.82) is 0 Å². The Kier molecular flexibility index (Phi) is 3.40. The third-order valence-corrected chi connectivity index (χ3v) is 2.62. The second kappa shape index (κ2) is 4.37. The summed E-state index contributed by atoms with van der Waals surface area (Å²) < 4.78 is 4.90. The third kappa shape index (κ3) is 2.52. The van der Waals surface area contributed by atoms with Crippen molar-refractivity contribution in [3.8, 4) is 0 Å². The van der Waals surface area contributed by atoms with Crippen LogP contribution in [-0.4, -0.2) is 12.6 Å². The average molecular weight is 156 g/mol. The van der Waals surface area contributed by atoms with E-state index in [4.69, 9.17) is 4.74 Å². The highest BCUT2D eigenvalue weighted by Crippen LogP contribution is 2.27. The first kappa shape index (κ1) is 8.57. The molecule has 2 nitrogen and oxygen atoms in total. The summed E-state index contributed by atoms with van der Waals surface area (Å²) in [6.07, 6.45) is 6.09. The van der Waals surface area contributed by atoms with Gasteiger partial charge in [-0.25, -0.2) is 0 Å². The van der Waals surface area contributed by atoms with E-state index < -0.39 is 0 Å². The van der Waals surface area contributed by atoms with Gasteiger partial charge in [-0.2, -0.15) is 0 Å². The molecule has 1 aliphatic rings. The van der Waals surface area contributed by atoms with Crippen molar-refractivity contribution in [3.05, 3.63) is 0 Å². The Hall–Kier alpha value is -0.530. The van der Waals surface area contributed by atoms with Crippen molar-refractivity contribution in [1.82, 2.24) is 0 Å². The first-order valence-electron chi connectivity index (χ1n) is 4.46. The molecule has 0 spiro atoms. The van der Waals surface area contributed by atoms with Gasteiger partial charge in [-0.3, -0.25) is 4.79 Å². The molecule has 0 aromatic carbocycles. The minimum absolute atomic E-state index is 0.218. The molecule has 0 unspecified atom stereocenters. The van der Waals surface area contributed by atoms with Gasteiger partial charge in [0.25, 0.3) is 6.47 Å². The van der Waals surface area contributed by atoms with Gasteiger partial charge in [-0.15, -0.1) is 0 Å². The SMILES string of the molecule is CCC1CCC(OC=O)CC1. The Balaban J connectivity index is 2.18. The Morgan fingerprint density at radius 1 is 1.36 bits per heavy atom. The molecule has 0 aromatic heterocycles. The fraction of sp³-hybridized carbons (Fsp3) is 0.889. The van der Waals surface area contributed by atoms with Crippen LogP contribution in [0.1, 0.15) is 39.0 Å². The van der Waals surface area contributed by atoms with Crippen LogP contribution in [0.25, 0.3) is 0 Å². The van der Waals surface area contributed by atoms with Crippen LogP contribution in [0.5, 0.6) is 0 Å². The van der Waals surface area contributed by atoms with Gasteiger partial charge in [0.1, 0.15) is 6.10 Å². The molecule has 0 N–H and O–H groups in total. The van der Waals surface area contributed by atoms with Crippen LogP contribution in [0.2, 0.25) is 0 Å². The van der Waals surface area contributed by atoms with Crippen molar-refractivity contribution >= 4 is 6.47 Å². The molecule has 0 aliphatic heterocycles. The molecule has 2 heteroatoms. The predicted octanol–water partition coefficient (Wildman–Crippen LogP) is 2.13. The molecule has 11 heavy (non-hydrogen) atoms. The van der Waals surface area contributed by atoms with Crippen LogP contribution >= 0.6 is 0 Å². The van der Waals surface area contributed by atoms with Gasteiger partial charge in [-0.1, -0.05) is 13.3 Å². The summed E-state index contributed by atoms with van der Waals surface area (Å²) in [5.41, 5.74) is 0. The van der Waals surface area contributed by atoms with Crippen molar-refractivity contribution in [2.24, 2.45) is 5.92 Å². The summed E-state index contributed by atoms with van der Waals surface area (Å²) in [7, 11) is 0. The summed E-state index contributed by atoms with van der Waals surface area (Å²) >= 11 is 0. The van der Waals surface area contributed by atoms with E-state index >= 15 is 0 Å². The van der Waals surface area contributed by atoms with Crippen molar-refractivity contribution in [2.45, 2.75) is 45.1 Å². The summed E-state index contributed by atoms with van der Waals surface area (Å²) in [6, 6.07) is 0. The van der Waals surface area contributed by atoms with Gasteiger partial charge < -0.3 is 4.74 Å². The standard InChI is InChI=1S/C9H16O2/c1-2-8-3-5-9(6-4-8)11-7-10/h7-9H,2-6H2,1H3. The van der Waals surface area contributed by atoms with E-state index in [-0.39, 0.29) is 6.10 Å². The van der Waals surface area contributed by atoms with E-state index in [1.54, 1.807) is 0 Å². The molecule has 1 aliphatic carbocycles. The van der Waals surface area contributed by atoms with E-state index in [2.05, 4.69) is 6.92 Å². The highest BCUT2D eigenvalue weighted by atomic mass is 16.5. The van der Waals surface area contributed by atoms with E-state index in [0.717, 1.165) is 18.8 Å².